The fraction of sp³-hybridized carbons (Fsp3) is 0.583. The number of H-pyrrole nitrogens is 1. The number of hydrogen-bond acceptors (Lipinski definition) is 2. The van der Waals surface area contributed by atoms with Gasteiger partial charge in [-0.2, -0.15) is 0 Å². The molecule has 0 atom stereocenters. The molecule has 1 rings (SSSR count). The Labute approximate surface area is 90.8 Å². The lowest BCUT2D eigenvalue weighted by Crippen LogP contribution is -2.08. The fourth-order valence-electron chi connectivity index (χ4n) is 1.71. The number of ether oxygens (including phenoxy) is 1. The Kier molecular flexibility index (Phi) is 3.95. The van der Waals surface area contributed by atoms with Crippen LogP contribution in [0.4, 0.5) is 0 Å². The summed E-state index contributed by atoms with van der Waals surface area (Å²) < 4.78 is 5.01. The molecule has 0 bridgehead atoms. The molecule has 0 saturated heterocycles. The third-order valence-electron chi connectivity index (χ3n) is 2.61. The van der Waals surface area contributed by atoms with Crippen molar-refractivity contribution in [2.24, 2.45) is 0 Å². The zero-order chi connectivity index (χ0) is 11.4. The highest BCUT2D eigenvalue weighted by molar-refractivity contribution is 5.89. The number of rotatable bonds is 4. The van der Waals surface area contributed by atoms with Gasteiger partial charge in [-0.1, -0.05) is 13.3 Å². The van der Waals surface area contributed by atoms with E-state index in [1.165, 1.54) is 5.56 Å². The van der Waals surface area contributed by atoms with Gasteiger partial charge < -0.3 is 9.72 Å². The fourth-order valence-corrected chi connectivity index (χ4v) is 1.71. The van der Waals surface area contributed by atoms with Gasteiger partial charge in [0, 0.05) is 5.69 Å². The summed E-state index contributed by atoms with van der Waals surface area (Å²) >= 11 is 0. The molecule has 3 nitrogen and oxygen atoms in total. The van der Waals surface area contributed by atoms with E-state index >= 15 is 0 Å². The second-order valence-corrected chi connectivity index (χ2v) is 3.70. The van der Waals surface area contributed by atoms with Crippen molar-refractivity contribution < 1.29 is 9.53 Å². The van der Waals surface area contributed by atoms with Gasteiger partial charge in [0.1, 0.15) is 5.69 Å². The van der Waals surface area contributed by atoms with E-state index in [0.29, 0.717) is 12.3 Å². The van der Waals surface area contributed by atoms with Crippen molar-refractivity contribution in [3.63, 3.8) is 0 Å². The molecule has 1 aromatic heterocycles. The molecule has 15 heavy (non-hydrogen) atoms. The summed E-state index contributed by atoms with van der Waals surface area (Å²) in [6.07, 6.45) is 1.95. The lowest BCUT2D eigenvalue weighted by molar-refractivity contribution is 0.0519. The highest BCUT2D eigenvalue weighted by Gasteiger charge is 2.17. The Balaban J connectivity index is 3.05. The van der Waals surface area contributed by atoms with E-state index in [9.17, 15) is 4.79 Å². The summed E-state index contributed by atoms with van der Waals surface area (Å²) in [5.74, 6) is -0.239. The van der Waals surface area contributed by atoms with Crippen LogP contribution in [0.5, 0.6) is 0 Å². The lowest BCUT2D eigenvalue weighted by Gasteiger charge is -2.03. The Bertz CT molecular complexity index is 353. The molecule has 1 aromatic rings. The van der Waals surface area contributed by atoms with E-state index in [4.69, 9.17) is 4.74 Å². The summed E-state index contributed by atoms with van der Waals surface area (Å²) in [5.41, 5.74) is 3.98. The van der Waals surface area contributed by atoms with E-state index < -0.39 is 0 Å². The quantitative estimate of drug-likeness (QED) is 0.775. The van der Waals surface area contributed by atoms with Gasteiger partial charge in [-0.3, -0.25) is 0 Å². The largest absolute Gasteiger partial charge is 0.461 e. The molecule has 0 radical (unpaired) electrons. The Morgan fingerprint density at radius 3 is 2.53 bits per heavy atom. The SMILES string of the molecule is CCCc1c(C(=O)OCC)[nH]c(C)c1C. The molecule has 0 unspecified atom stereocenters. The number of esters is 1. The Hall–Kier alpha value is -1.25. The van der Waals surface area contributed by atoms with Crippen LogP contribution < -0.4 is 0 Å². The third kappa shape index (κ3) is 2.41. The minimum Gasteiger partial charge on any atom is -0.461 e. The topological polar surface area (TPSA) is 42.1 Å². The van der Waals surface area contributed by atoms with Crippen molar-refractivity contribution in [1.82, 2.24) is 4.98 Å². The molecule has 0 amide bonds. The maximum atomic E-state index is 11.7. The number of aromatic nitrogens is 1. The first-order chi connectivity index (χ1) is 7.11. The van der Waals surface area contributed by atoms with Gasteiger partial charge in [0.2, 0.25) is 0 Å². The minimum atomic E-state index is -0.239. The first kappa shape index (κ1) is 11.8. The molecule has 3 heteroatoms. The number of carbonyl (C=O) groups is 1. The first-order valence-corrected chi connectivity index (χ1v) is 5.46. The molecule has 0 aliphatic rings. The summed E-state index contributed by atoms with van der Waals surface area (Å²) in [7, 11) is 0. The van der Waals surface area contributed by atoms with Gasteiger partial charge in [0.25, 0.3) is 0 Å². The second-order valence-electron chi connectivity index (χ2n) is 3.70. The van der Waals surface area contributed by atoms with Crippen LogP contribution in [0.2, 0.25) is 0 Å². The predicted octanol–water partition coefficient (Wildman–Crippen LogP) is 2.76. The molecular formula is C12H19NO2. The normalized spacial score (nSPS) is 10.4. The van der Waals surface area contributed by atoms with Crippen molar-refractivity contribution in [2.75, 3.05) is 6.61 Å². The molecule has 0 aliphatic carbocycles. The van der Waals surface area contributed by atoms with Crippen LogP contribution in [0, 0.1) is 13.8 Å². The molecule has 0 fully saturated rings. The van der Waals surface area contributed by atoms with Gasteiger partial charge in [0.15, 0.2) is 0 Å². The predicted molar refractivity (Wildman–Crippen MR) is 60.2 cm³/mol. The molecule has 1 heterocycles. The average molecular weight is 209 g/mol. The van der Waals surface area contributed by atoms with Crippen LogP contribution in [0.25, 0.3) is 0 Å². The van der Waals surface area contributed by atoms with Gasteiger partial charge in [-0.05, 0) is 38.3 Å². The molecule has 0 saturated carbocycles. The standard InChI is InChI=1S/C12H19NO2/c1-5-7-10-8(3)9(4)13-11(10)12(14)15-6-2/h13H,5-7H2,1-4H3. The zero-order valence-corrected chi connectivity index (χ0v) is 9.94. The number of carbonyl (C=O) groups excluding carboxylic acids is 1. The zero-order valence-electron chi connectivity index (χ0n) is 9.94. The van der Waals surface area contributed by atoms with Gasteiger partial charge in [-0.25, -0.2) is 4.79 Å². The van der Waals surface area contributed by atoms with E-state index in [1.54, 1.807) is 0 Å². The van der Waals surface area contributed by atoms with E-state index in [1.807, 2.05) is 20.8 Å². The number of hydrogen-bond donors (Lipinski definition) is 1. The first-order valence-electron chi connectivity index (χ1n) is 5.46. The number of aromatic amines is 1. The lowest BCUT2D eigenvalue weighted by atomic mass is 10.1. The molecule has 84 valence electrons. The van der Waals surface area contributed by atoms with Gasteiger partial charge in [0.05, 0.1) is 6.61 Å². The monoisotopic (exact) mass is 209 g/mol. The van der Waals surface area contributed by atoms with Crippen molar-refractivity contribution >= 4 is 5.97 Å². The van der Waals surface area contributed by atoms with Crippen LogP contribution in [0.1, 0.15) is 47.6 Å². The Morgan fingerprint density at radius 1 is 1.33 bits per heavy atom. The van der Waals surface area contributed by atoms with Gasteiger partial charge in [-0.15, -0.1) is 0 Å². The van der Waals surface area contributed by atoms with Crippen LogP contribution in [-0.2, 0) is 11.2 Å². The number of aryl methyl sites for hydroxylation is 1. The van der Waals surface area contributed by atoms with E-state index in [0.717, 1.165) is 24.1 Å². The molecular weight excluding hydrogens is 190 g/mol. The van der Waals surface area contributed by atoms with Crippen molar-refractivity contribution in [2.45, 2.75) is 40.5 Å². The summed E-state index contributed by atoms with van der Waals surface area (Å²) in [6, 6.07) is 0. The third-order valence-corrected chi connectivity index (χ3v) is 2.61. The molecule has 0 aliphatic heterocycles. The van der Waals surface area contributed by atoms with Crippen molar-refractivity contribution in [3.8, 4) is 0 Å². The average Bonchev–Trinajstić information content (AvgIpc) is 2.47. The van der Waals surface area contributed by atoms with Crippen LogP contribution in [-0.4, -0.2) is 17.6 Å². The highest BCUT2D eigenvalue weighted by Crippen LogP contribution is 2.20. The summed E-state index contributed by atoms with van der Waals surface area (Å²) in [6.45, 7) is 8.37. The summed E-state index contributed by atoms with van der Waals surface area (Å²) in [5, 5.41) is 0. The van der Waals surface area contributed by atoms with Crippen LogP contribution >= 0.6 is 0 Å². The highest BCUT2D eigenvalue weighted by atomic mass is 16.5. The molecule has 1 N–H and O–H groups in total. The van der Waals surface area contributed by atoms with Crippen molar-refractivity contribution in [3.05, 3.63) is 22.5 Å². The Morgan fingerprint density at radius 2 is 2.00 bits per heavy atom. The van der Waals surface area contributed by atoms with E-state index in [2.05, 4.69) is 11.9 Å². The molecule has 0 spiro atoms. The van der Waals surface area contributed by atoms with Crippen LogP contribution in [0.15, 0.2) is 0 Å². The maximum absolute atomic E-state index is 11.7. The molecule has 0 aromatic carbocycles. The number of nitrogens with one attached hydrogen (secondary N) is 1. The van der Waals surface area contributed by atoms with Crippen LogP contribution in [0.3, 0.4) is 0 Å². The second kappa shape index (κ2) is 5.01. The minimum absolute atomic E-state index is 0.239. The smallest absolute Gasteiger partial charge is 0.355 e. The van der Waals surface area contributed by atoms with E-state index in [-0.39, 0.29) is 5.97 Å². The van der Waals surface area contributed by atoms with Gasteiger partial charge >= 0.3 is 5.97 Å². The van der Waals surface area contributed by atoms with Crippen molar-refractivity contribution in [1.29, 1.82) is 0 Å². The summed E-state index contributed by atoms with van der Waals surface area (Å²) in [4.78, 5) is 14.8. The maximum Gasteiger partial charge on any atom is 0.355 e.